The molecule has 0 bridgehead atoms. The van der Waals surface area contributed by atoms with E-state index in [2.05, 4.69) is 41.4 Å². The highest BCUT2D eigenvalue weighted by atomic mass is 16.3. The van der Waals surface area contributed by atoms with Crippen molar-refractivity contribution in [1.29, 1.82) is 0 Å². The van der Waals surface area contributed by atoms with Crippen molar-refractivity contribution in [3.63, 3.8) is 0 Å². The molecule has 1 unspecified atom stereocenters. The number of rotatable bonds is 5. The zero-order valence-electron chi connectivity index (χ0n) is 15.4. The van der Waals surface area contributed by atoms with Gasteiger partial charge in [0.15, 0.2) is 0 Å². The van der Waals surface area contributed by atoms with Gasteiger partial charge < -0.3 is 15.5 Å². The lowest BCUT2D eigenvalue weighted by atomic mass is 9.91. The molecule has 2 aromatic carbocycles. The number of phenols is 1. The van der Waals surface area contributed by atoms with Gasteiger partial charge in [0.2, 0.25) is 0 Å². The number of aryl methyl sites for hydroxylation is 1. The van der Waals surface area contributed by atoms with E-state index >= 15 is 0 Å². The zero-order chi connectivity index (χ0) is 18.1. The predicted octanol–water partition coefficient (Wildman–Crippen LogP) is 3.39. The first-order valence-corrected chi connectivity index (χ1v) is 9.52. The van der Waals surface area contributed by atoms with E-state index in [0.29, 0.717) is 17.6 Å². The number of aliphatic hydroxyl groups is 1. The van der Waals surface area contributed by atoms with Crippen LogP contribution in [0.4, 0.5) is 5.69 Å². The number of aromatic hydroxyl groups is 1. The number of likely N-dealkylation sites (tertiary alicyclic amines) is 1. The standard InChI is InChI=1S/C22H28N2O2/c1-16-2-4-17(5-3-16)10-22(26)11-18-13-24(14-19(18)12-22)15-23-20-6-8-21(25)9-7-20/h2-9,18-19,23,25-26H,10-15H2,1H3/t18-,19+,22?. The molecule has 3 atom stereocenters. The molecule has 4 nitrogen and oxygen atoms in total. The fourth-order valence-corrected chi connectivity index (χ4v) is 4.70. The van der Waals surface area contributed by atoms with E-state index in [9.17, 15) is 10.2 Å². The van der Waals surface area contributed by atoms with Crippen molar-refractivity contribution in [2.45, 2.75) is 31.8 Å². The third-order valence-electron chi connectivity index (χ3n) is 5.96. The maximum absolute atomic E-state index is 11.1. The van der Waals surface area contributed by atoms with Crippen LogP contribution in [0.5, 0.6) is 5.75 Å². The van der Waals surface area contributed by atoms with Crippen LogP contribution in [-0.4, -0.2) is 40.5 Å². The molecule has 1 saturated heterocycles. The van der Waals surface area contributed by atoms with Crippen molar-refractivity contribution in [2.24, 2.45) is 11.8 Å². The number of benzene rings is 2. The summed E-state index contributed by atoms with van der Waals surface area (Å²) in [4.78, 5) is 2.44. The van der Waals surface area contributed by atoms with E-state index in [-0.39, 0.29) is 0 Å². The molecule has 1 heterocycles. The Hall–Kier alpha value is -2.04. The van der Waals surface area contributed by atoms with Crippen LogP contribution >= 0.6 is 0 Å². The normalized spacial score (nSPS) is 28.2. The van der Waals surface area contributed by atoms with Gasteiger partial charge in [0.05, 0.1) is 12.3 Å². The molecule has 4 rings (SSSR count). The van der Waals surface area contributed by atoms with Crippen LogP contribution in [0, 0.1) is 18.8 Å². The van der Waals surface area contributed by atoms with Gasteiger partial charge in [-0.05, 0) is 61.4 Å². The summed E-state index contributed by atoms with van der Waals surface area (Å²) in [6.07, 6.45) is 2.58. The predicted molar refractivity (Wildman–Crippen MR) is 104 cm³/mol. The molecule has 1 aliphatic heterocycles. The Kier molecular flexibility index (Phi) is 4.63. The first-order chi connectivity index (χ1) is 12.5. The smallest absolute Gasteiger partial charge is 0.115 e. The molecule has 0 radical (unpaired) electrons. The molecule has 2 aliphatic rings. The Balaban J connectivity index is 1.29. The van der Waals surface area contributed by atoms with Crippen molar-refractivity contribution in [3.8, 4) is 5.75 Å². The van der Waals surface area contributed by atoms with Crippen LogP contribution in [0.1, 0.15) is 24.0 Å². The van der Waals surface area contributed by atoms with Crippen molar-refractivity contribution in [3.05, 3.63) is 59.7 Å². The molecular formula is C22H28N2O2. The summed E-state index contributed by atoms with van der Waals surface area (Å²) in [5.41, 5.74) is 2.99. The summed E-state index contributed by atoms with van der Waals surface area (Å²) in [5, 5.41) is 23.9. The van der Waals surface area contributed by atoms with Gasteiger partial charge >= 0.3 is 0 Å². The number of fused-ring (bicyclic) bond motifs is 1. The van der Waals surface area contributed by atoms with Gasteiger partial charge in [0.1, 0.15) is 5.75 Å². The van der Waals surface area contributed by atoms with E-state index in [1.807, 2.05) is 12.1 Å². The highest BCUT2D eigenvalue weighted by Gasteiger charge is 2.47. The summed E-state index contributed by atoms with van der Waals surface area (Å²) in [6.45, 7) is 5.01. The summed E-state index contributed by atoms with van der Waals surface area (Å²) in [6, 6.07) is 15.7. The van der Waals surface area contributed by atoms with E-state index in [1.54, 1.807) is 12.1 Å². The van der Waals surface area contributed by atoms with Crippen molar-refractivity contribution in [1.82, 2.24) is 4.90 Å². The third-order valence-corrected chi connectivity index (χ3v) is 5.96. The number of phenolic OH excluding ortho intramolecular Hbond substituents is 1. The molecule has 0 spiro atoms. The maximum Gasteiger partial charge on any atom is 0.115 e. The molecule has 0 amide bonds. The van der Waals surface area contributed by atoms with Crippen LogP contribution in [0.15, 0.2) is 48.5 Å². The molecule has 1 saturated carbocycles. The lowest BCUT2D eigenvalue weighted by Crippen LogP contribution is -2.33. The highest BCUT2D eigenvalue weighted by Crippen LogP contribution is 2.45. The van der Waals surface area contributed by atoms with Crippen LogP contribution in [-0.2, 0) is 6.42 Å². The van der Waals surface area contributed by atoms with Crippen molar-refractivity contribution in [2.75, 3.05) is 25.1 Å². The summed E-state index contributed by atoms with van der Waals surface area (Å²) < 4.78 is 0. The van der Waals surface area contributed by atoms with Gasteiger partial charge in [0.25, 0.3) is 0 Å². The highest BCUT2D eigenvalue weighted by molar-refractivity contribution is 5.45. The monoisotopic (exact) mass is 352 g/mol. The van der Waals surface area contributed by atoms with Gasteiger partial charge in [-0.1, -0.05) is 29.8 Å². The summed E-state index contributed by atoms with van der Waals surface area (Å²) in [5.74, 6) is 1.47. The minimum absolute atomic E-state index is 0.291. The molecule has 0 aromatic heterocycles. The van der Waals surface area contributed by atoms with Gasteiger partial charge in [0, 0.05) is 25.2 Å². The largest absolute Gasteiger partial charge is 0.508 e. The van der Waals surface area contributed by atoms with Crippen molar-refractivity contribution < 1.29 is 10.2 Å². The Morgan fingerprint density at radius 2 is 1.62 bits per heavy atom. The van der Waals surface area contributed by atoms with E-state index in [4.69, 9.17) is 0 Å². The molecule has 2 aromatic rings. The van der Waals surface area contributed by atoms with Crippen LogP contribution in [0.2, 0.25) is 0 Å². The fourth-order valence-electron chi connectivity index (χ4n) is 4.70. The van der Waals surface area contributed by atoms with Crippen LogP contribution in [0.25, 0.3) is 0 Å². The lowest BCUT2D eigenvalue weighted by molar-refractivity contribution is 0.0358. The average Bonchev–Trinajstić information content (AvgIpc) is 3.11. The first-order valence-electron chi connectivity index (χ1n) is 9.52. The molecule has 2 fully saturated rings. The summed E-state index contributed by atoms with van der Waals surface area (Å²) >= 11 is 0. The molecular weight excluding hydrogens is 324 g/mol. The first kappa shape index (κ1) is 17.4. The van der Waals surface area contributed by atoms with Crippen LogP contribution in [0.3, 0.4) is 0 Å². The number of nitrogens with zero attached hydrogens (tertiary/aromatic N) is 1. The van der Waals surface area contributed by atoms with Gasteiger partial charge in [-0.15, -0.1) is 0 Å². The second-order valence-corrected chi connectivity index (χ2v) is 8.23. The van der Waals surface area contributed by atoms with Crippen LogP contribution < -0.4 is 5.32 Å². The Labute approximate surface area is 155 Å². The molecule has 138 valence electrons. The minimum atomic E-state index is -0.541. The van der Waals surface area contributed by atoms with E-state index in [1.165, 1.54) is 11.1 Å². The second-order valence-electron chi connectivity index (χ2n) is 8.23. The fraction of sp³-hybridized carbons (Fsp3) is 0.455. The van der Waals surface area contributed by atoms with Crippen molar-refractivity contribution >= 4 is 5.69 Å². The summed E-state index contributed by atoms with van der Waals surface area (Å²) in [7, 11) is 0. The third kappa shape index (κ3) is 3.87. The number of hydrogen-bond donors (Lipinski definition) is 3. The average molecular weight is 352 g/mol. The van der Waals surface area contributed by atoms with E-state index in [0.717, 1.165) is 44.7 Å². The van der Waals surface area contributed by atoms with Gasteiger partial charge in [-0.3, -0.25) is 4.90 Å². The molecule has 1 aliphatic carbocycles. The quantitative estimate of drug-likeness (QED) is 0.722. The van der Waals surface area contributed by atoms with E-state index < -0.39 is 5.60 Å². The Morgan fingerprint density at radius 1 is 1.00 bits per heavy atom. The topological polar surface area (TPSA) is 55.7 Å². The number of nitrogens with one attached hydrogen (secondary N) is 1. The van der Waals surface area contributed by atoms with Gasteiger partial charge in [-0.2, -0.15) is 0 Å². The maximum atomic E-state index is 11.1. The lowest BCUT2D eigenvalue weighted by Gasteiger charge is -2.26. The second kappa shape index (κ2) is 6.93. The minimum Gasteiger partial charge on any atom is -0.508 e. The molecule has 26 heavy (non-hydrogen) atoms. The Morgan fingerprint density at radius 3 is 2.23 bits per heavy atom. The molecule has 4 heteroatoms. The zero-order valence-corrected chi connectivity index (χ0v) is 15.4. The number of hydrogen-bond acceptors (Lipinski definition) is 4. The Bertz CT molecular complexity index is 728. The SMILES string of the molecule is Cc1ccc(CC2(O)C[C@H]3CN(CNc4ccc(O)cc4)C[C@H]3C2)cc1. The van der Waals surface area contributed by atoms with Gasteiger partial charge in [-0.25, -0.2) is 0 Å². The molecule has 3 N–H and O–H groups in total. The number of anilines is 1.